The molecule has 0 aliphatic carbocycles. The summed E-state index contributed by atoms with van der Waals surface area (Å²) in [4.78, 5) is 0. The second kappa shape index (κ2) is 2.85. The third kappa shape index (κ3) is 117. The van der Waals surface area contributed by atoms with E-state index in [1.165, 1.54) is 0 Å². The maximum absolute atomic E-state index is 8.94. The van der Waals surface area contributed by atoms with Gasteiger partial charge in [0.15, 0.2) is 0 Å². The molecule has 0 spiro atoms. The molecule has 0 heterocycles. The van der Waals surface area contributed by atoms with Crippen molar-refractivity contribution in [1.82, 2.24) is 0 Å². The molecule has 0 aliphatic rings. The van der Waals surface area contributed by atoms with E-state index >= 15 is 0 Å². The SMILES string of the molecule is O=[As](O)(O)O.[Fe]. The molecule has 0 aliphatic heterocycles. The summed E-state index contributed by atoms with van der Waals surface area (Å²) >= 11 is -5.12. The van der Waals surface area contributed by atoms with Gasteiger partial charge in [0.25, 0.3) is 0 Å². The fraction of sp³-hybridized carbons (Fsp3) is 0. The topological polar surface area (TPSA) is 77.8 Å². The molecule has 0 unspecified atom stereocenters. The molecule has 6 heteroatoms. The van der Waals surface area contributed by atoms with Crippen molar-refractivity contribution in [2.45, 2.75) is 0 Å². The second-order valence-electron chi connectivity index (χ2n) is 0.513. The molecule has 0 radical (unpaired) electrons. The maximum Gasteiger partial charge on any atom is 0 e. The summed E-state index contributed by atoms with van der Waals surface area (Å²) in [6.45, 7) is 0. The van der Waals surface area contributed by atoms with E-state index in [1.807, 2.05) is 0 Å². The van der Waals surface area contributed by atoms with Crippen LogP contribution in [0.5, 0.6) is 0 Å². The third-order valence-electron chi connectivity index (χ3n) is 0. The molecule has 3 N–H and O–H groups in total. The van der Waals surface area contributed by atoms with Crippen LogP contribution in [0.2, 0.25) is 0 Å². The third-order valence-corrected chi connectivity index (χ3v) is 0. The van der Waals surface area contributed by atoms with Gasteiger partial charge >= 0.3 is 30.5 Å². The first-order chi connectivity index (χ1) is 2.00. The van der Waals surface area contributed by atoms with Gasteiger partial charge in [-0.1, -0.05) is 0 Å². The molecule has 0 saturated carbocycles. The Labute approximate surface area is 48.0 Å². The van der Waals surface area contributed by atoms with Gasteiger partial charge < -0.3 is 0 Å². The van der Waals surface area contributed by atoms with Crippen LogP contribution in [0.25, 0.3) is 0 Å². The summed E-state index contributed by atoms with van der Waals surface area (Å²) in [5.41, 5.74) is 0. The van der Waals surface area contributed by atoms with Gasteiger partial charge in [-0.15, -0.1) is 0 Å². The van der Waals surface area contributed by atoms with Gasteiger partial charge in [-0.05, 0) is 0 Å². The minimum atomic E-state index is -5.12. The van der Waals surface area contributed by atoms with Crippen molar-refractivity contribution in [3.05, 3.63) is 0 Å². The van der Waals surface area contributed by atoms with Crippen LogP contribution in [0.15, 0.2) is 0 Å². The summed E-state index contributed by atoms with van der Waals surface area (Å²) in [7, 11) is 0. The molecule has 40 valence electrons. The van der Waals surface area contributed by atoms with Crippen LogP contribution in [-0.4, -0.2) is 26.8 Å². The van der Waals surface area contributed by atoms with Gasteiger partial charge in [-0.2, -0.15) is 0 Å². The van der Waals surface area contributed by atoms with Gasteiger partial charge in [0, 0.05) is 17.1 Å². The normalized spacial score (nSPS) is 9.83. The van der Waals surface area contributed by atoms with Crippen molar-refractivity contribution < 1.29 is 33.1 Å². The molecule has 0 atom stereocenters. The van der Waals surface area contributed by atoms with Gasteiger partial charge in [-0.3, -0.25) is 0 Å². The number of hydrogen-bond donors (Lipinski definition) is 3. The first-order valence-electron chi connectivity index (χ1n) is 0.783. The monoisotopic (exact) mass is 198 g/mol. The van der Waals surface area contributed by atoms with Crippen LogP contribution in [0.4, 0.5) is 0 Å². The summed E-state index contributed by atoms with van der Waals surface area (Å²) in [6.07, 6.45) is 0. The Balaban J connectivity index is 0. The predicted molar refractivity (Wildman–Crippen MR) is 13.1 cm³/mol. The maximum atomic E-state index is 8.94. The first kappa shape index (κ1) is 9.90. The molecule has 6 heavy (non-hydrogen) atoms. The van der Waals surface area contributed by atoms with Crippen LogP contribution in [0.1, 0.15) is 0 Å². The quantitative estimate of drug-likeness (QED) is 0.387. The van der Waals surface area contributed by atoms with Gasteiger partial charge in [0.1, 0.15) is 0 Å². The van der Waals surface area contributed by atoms with E-state index in [0.29, 0.717) is 0 Å². The molecule has 0 aromatic carbocycles. The fourth-order valence-electron chi connectivity index (χ4n) is 0. The smallest absolute Gasteiger partial charge is 0 e. The molecule has 0 bridgehead atoms. The van der Waals surface area contributed by atoms with E-state index in [-0.39, 0.29) is 17.1 Å². The van der Waals surface area contributed by atoms with E-state index in [1.54, 1.807) is 0 Å². The zero-order valence-corrected chi connectivity index (χ0v) is 5.53. The Bertz CT molecular complexity index is 53.7. The van der Waals surface area contributed by atoms with Crippen molar-refractivity contribution >= 4 is 14.5 Å². The van der Waals surface area contributed by atoms with Gasteiger partial charge in [0.05, 0.1) is 0 Å². The molecular weight excluding hydrogens is 195 g/mol. The van der Waals surface area contributed by atoms with Crippen LogP contribution in [-0.2, 0) is 20.8 Å². The van der Waals surface area contributed by atoms with Crippen molar-refractivity contribution in [3.8, 4) is 0 Å². The minimum Gasteiger partial charge on any atom is 0 e. The first-order valence-corrected chi connectivity index (χ1v) is 4.07. The van der Waals surface area contributed by atoms with Crippen LogP contribution >= 0.6 is 0 Å². The summed E-state index contributed by atoms with van der Waals surface area (Å²) in [5, 5.41) is 0. The van der Waals surface area contributed by atoms with Crippen molar-refractivity contribution in [2.24, 2.45) is 0 Å². The van der Waals surface area contributed by atoms with Gasteiger partial charge in [-0.25, -0.2) is 0 Å². The molecule has 0 aromatic heterocycles. The zero-order chi connectivity index (χ0) is 4.50. The Morgan fingerprint density at radius 1 is 1.17 bits per heavy atom. The fourth-order valence-corrected chi connectivity index (χ4v) is 0. The Kier molecular flexibility index (Phi) is 4.71. The molecule has 0 amide bonds. The average molecular weight is 198 g/mol. The minimum absolute atomic E-state index is 0. The number of hydrogen-bond acceptors (Lipinski definition) is 1. The summed E-state index contributed by atoms with van der Waals surface area (Å²) < 4.78 is 30.7. The Morgan fingerprint density at radius 3 is 1.17 bits per heavy atom. The average Bonchev–Trinajstić information content (AvgIpc) is 0.722. The Hall–Kier alpha value is 0.758. The van der Waals surface area contributed by atoms with Crippen LogP contribution in [0.3, 0.4) is 0 Å². The molecule has 0 aromatic rings. The van der Waals surface area contributed by atoms with E-state index in [4.69, 9.17) is 16.0 Å². The van der Waals surface area contributed by atoms with Crippen molar-refractivity contribution in [1.29, 1.82) is 0 Å². The molecule has 4 nitrogen and oxygen atoms in total. The van der Waals surface area contributed by atoms with E-state index in [0.717, 1.165) is 0 Å². The van der Waals surface area contributed by atoms with Crippen molar-refractivity contribution in [2.75, 3.05) is 0 Å². The number of rotatable bonds is 0. The summed E-state index contributed by atoms with van der Waals surface area (Å²) in [5.74, 6) is 0. The van der Waals surface area contributed by atoms with E-state index in [9.17, 15) is 0 Å². The predicted octanol–water partition coefficient (Wildman–Crippen LogP) is -2.17. The van der Waals surface area contributed by atoms with Crippen LogP contribution < -0.4 is 0 Å². The summed E-state index contributed by atoms with van der Waals surface area (Å²) in [6, 6.07) is 0. The molecule has 0 saturated heterocycles. The zero-order valence-electron chi connectivity index (χ0n) is 2.55. The largest absolute Gasteiger partial charge is 0 e. The van der Waals surface area contributed by atoms with Gasteiger partial charge in [0.2, 0.25) is 0 Å². The molecule has 0 rings (SSSR count). The Morgan fingerprint density at radius 2 is 1.17 bits per heavy atom. The molecule has 0 fully saturated rings. The van der Waals surface area contributed by atoms with E-state index in [2.05, 4.69) is 0 Å². The molecular formula is H3AsFeO4. The standard InChI is InChI=1S/AsH3O4.Fe/c2-1(3,4)5;/h(H3,2,3,4,5);. The van der Waals surface area contributed by atoms with Crippen molar-refractivity contribution in [3.63, 3.8) is 0 Å². The van der Waals surface area contributed by atoms with Crippen LogP contribution in [0, 0.1) is 0 Å². The second-order valence-corrected chi connectivity index (χ2v) is 2.67. The van der Waals surface area contributed by atoms with E-state index < -0.39 is 14.5 Å².